The van der Waals surface area contributed by atoms with Crippen molar-refractivity contribution in [3.05, 3.63) is 71.8 Å². The smallest absolute Gasteiger partial charge is 0.165 e. The molecule has 0 atom stereocenters. The van der Waals surface area contributed by atoms with E-state index >= 15 is 0 Å². The standard InChI is InChI=1S/C14H12O2/c15-13(11-7-3-1-4-8-11)14(16)12-9-5-2-6-10-12/h1-10,15-16H. The fourth-order valence-electron chi connectivity index (χ4n) is 1.47. The SMILES string of the molecule is OC(=C(O)c1ccccc1)c1ccccc1. The van der Waals surface area contributed by atoms with Gasteiger partial charge >= 0.3 is 0 Å². The van der Waals surface area contributed by atoms with Crippen LogP contribution in [0.3, 0.4) is 0 Å². The van der Waals surface area contributed by atoms with Crippen molar-refractivity contribution in [3.63, 3.8) is 0 Å². The van der Waals surface area contributed by atoms with Gasteiger partial charge in [0.05, 0.1) is 0 Å². The first-order valence-electron chi connectivity index (χ1n) is 5.02. The highest BCUT2D eigenvalue weighted by molar-refractivity contribution is 5.82. The fourth-order valence-corrected chi connectivity index (χ4v) is 1.47. The van der Waals surface area contributed by atoms with E-state index in [4.69, 9.17) is 0 Å². The third-order valence-electron chi connectivity index (χ3n) is 2.32. The second kappa shape index (κ2) is 4.53. The largest absolute Gasteiger partial charge is 0.504 e. The predicted molar refractivity (Wildman–Crippen MR) is 65.0 cm³/mol. The lowest BCUT2D eigenvalue weighted by molar-refractivity contribution is 0.459. The first kappa shape index (κ1) is 10.3. The average Bonchev–Trinajstić information content (AvgIpc) is 2.39. The highest BCUT2D eigenvalue weighted by Gasteiger charge is 2.07. The minimum Gasteiger partial charge on any atom is -0.504 e. The first-order chi connectivity index (χ1) is 7.79. The Hall–Kier alpha value is -2.22. The first-order valence-corrected chi connectivity index (χ1v) is 5.02. The van der Waals surface area contributed by atoms with Crippen LogP contribution in [0.25, 0.3) is 11.5 Å². The molecular weight excluding hydrogens is 200 g/mol. The summed E-state index contributed by atoms with van der Waals surface area (Å²) in [5.74, 6) is -0.210. The van der Waals surface area contributed by atoms with Gasteiger partial charge in [0, 0.05) is 11.1 Å². The lowest BCUT2D eigenvalue weighted by Crippen LogP contribution is -1.90. The van der Waals surface area contributed by atoms with E-state index in [-0.39, 0.29) is 11.5 Å². The molecule has 2 N–H and O–H groups in total. The van der Waals surface area contributed by atoms with Gasteiger partial charge in [0.15, 0.2) is 11.5 Å². The van der Waals surface area contributed by atoms with E-state index in [0.717, 1.165) is 0 Å². The monoisotopic (exact) mass is 212 g/mol. The zero-order valence-corrected chi connectivity index (χ0v) is 8.67. The molecule has 0 spiro atoms. The van der Waals surface area contributed by atoms with E-state index in [1.165, 1.54) is 0 Å². The Labute approximate surface area is 94.1 Å². The predicted octanol–water partition coefficient (Wildman–Crippen LogP) is 3.63. The zero-order chi connectivity index (χ0) is 11.4. The molecule has 0 saturated heterocycles. The zero-order valence-electron chi connectivity index (χ0n) is 8.67. The summed E-state index contributed by atoms with van der Waals surface area (Å²) < 4.78 is 0. The topological polar surface area (TPSA) is 40.5 Å². The van der Waals surface area contributed by atoms with Crippen molar-refractivity contribution in [2.45, 2.75) is 0 Å². The molecule has 2 rings (SSSR count). The van der Waals surface area contributed by atoms with Gasteiger partial charge in [-0.2, -0.15) is 0 Å². The van der Waals surface area contributed by atoms with Crippen LogP contribution in [0.4, 0.5) is 0 Å². The molecule has 0 fully saturated rings. The normalized spacial score (nSPS) is 12.0. The van der Waals surface area contributed by atoms with Crippen LogP contribution in [0.2, 0.25) is 0 Å². The summed E-state index contributed by atoms with van der Waals surface area (Å²) in [7, 11) is 0. The molecule has 0 unspecified atom stereocenters. The maximum Gasteiger partial charge on any atom is 0.165 e. The minimum absolute atomic E-state index is 0.105. The molecule has 0 aliphatic rings. The number of aliphatic hydroxyl groups is 2. The lowest BCUT2D eigenvalue weighted by atomic mass is 10.1. The number of hydrogen-bond donors (Lipinski definition) is 2. The lowest BCUT2D eigenvalue weighted by Gasteiger charge is -2.04. The Morgan fingerprint density at radius 1 is 0.562 bits per heavy atom. The van der Waals surface area contributed by atoms with Crippen molar-refractivity contribution >= 4 is 11.5 Å². The summed E-state index contributed by atoms with van der Waals surface area (Å²) in [6.45, 7) is 0. The van der Waals surface area contributed by atoms with E-state index in [9.17, 15) is 10.2 Å². The molecular formula is C14H12O2. The second-order valence-corrected chi connectivity index (χ2v) is 3.43. The Balaban J connectivity index is 2.43. The van der Waals surface area contributed by atoms with E-state index in [2.05, 4.69) is 0 Å². The Morgan fingerprint density at radius 3 is 1.19 bits per heavy atom. The second-order valence-electron chi connectivity index (χ2n) is 3.43. The van der Waals surface area contributed by atoms with Gasteiger partial charge in [0.25, 0.3) is 0 Å². The highest BCUT2D eigenvalue weighted by Crippen LogP contribution is 2.21. The van der Waals surface area contributed by atoms with Gasteiger partial charge in [-0.25, -0.2) is 0 Å². The Kier molecular flexibility index (Phi) is 2.92. The van der Waals surface area contributed by atoms with Crippen molar-refractivity contribution < 1.29 is 10.2 Å². The van der Waals surface area contributed by atoms with Crippen LogP contribution in [0.5, 0.6) is 0 Å². The number of benzene rings is 2. The molecule has 0 aromatic heterocycles. The molecule has 0 radical (unpaired) electrons. The molecule has 2 aromatic carbocycles. The van der Waals surface area contributed by atoms with Crippen LogP contribution in [-0.4, -0.2) is 10.2 Å². The maximum atomic E-state index is 9.87. The van der Waals surface area contributed by atoms with E-state index in [1.807, 2.05) is 36.4 Å². The Morgan fingerprint density at radius 2 is 0.875 bits per heavy atom. The average molecular weight is 212 g/mol. The molecule has 2 nitrogen and oxygen atoms in total. The molecule has 0 saturated carbocycles. The van der Waals surface area contributed by atoms with Gasteiger partial charge in [-0.3, -0.25) is 0 Å². The number of hydrogen-bond acceptors (Lipinski definition) is 2. The van der Waals surface area contributed by atoms with Gasteiger partial charge < -0.3 is 10.2 Å². The highest BCUT2D eigenvalue weighted by atomic mass is 16.3. The van der Waals surface area contributed by atoms with Crippen LogP contribution in [0, 0.1) is 0 Å². The summed E-state index contributed by atoms with van der Waals surface area (Å²) >= 11 is 0. The summed E-state index contributed by atoms with van der Waals surface area (Å²) in [4.78, 5) is 0. The van der Waals surface area contributed by atoms with Crippen molar-refractivity contribution in [1.29, 1.82) is 0 Å². The quantitative estimate of drug-likeness (QED) is 0.589. The third-order valence-corrected chi connectivity index (χ3v) is 2.32. The van der Waals surface area contributed by atoms with Crippen LogP contribution >= 0.6 is 0 Å². The third kappa shape index (κ3) is 2.06. The van der Waals surface area contributed by atoms with Gasteiger partial charge in [0.1, 0.15) is 0 Å². The van der Waals surface area contributed by atoms with Gasteiger partial charge in [-0.1, -0.05) is 60.7 Å². The minimum atomic E-state index is -0.105. The molecule has 0 aliphatic heterocycles. The molecule has 0 bridgehead atoms. The number of aliphatic hydroxyl groups excluding tert-OH is 2. The van der Waals surface area contributed by atoms with E-state index in [0.29, 0.717) is 11.1 Å². The van der Waals surface area contributed by atoms with Gasteiger partial charge in [-0.15, -0.1) is 0 Å². The van der Waals surface area contributed by atoms with E-state index < -0.39 is 0 Å². The van der Waals surface area contributed by atoms with Crippen LogP contribution < -0.4 is 0 Å². The van der Waals surface area contributed by atoms with Crippen molar-refractivity contribution in [3.8, 4) is 0 Å². The van der Waals surface area contributed by atoms with Crippen LogP contribution in [-0.2, 0) is 0 Å². The fraction of sp³-hybridized carbons (Fsp3) is 0. The Bertz CT molecular complexity index is 439. The molecule has 0 heterocycles. The van der Waals surface area contributed by atoms with Gasteiger partial charge in [-0.05, 0) is 0 Å². The molecule has 2 heteroatoms. The summed E-state index contributed by atoms with van der Waals surface area (Å²) in [5, 5.41) is 19.7. The molecule has 16 heavy (non-hydrogen) atoms. The van der Waals surface area contributed by atoms with Crippen molar-refractivity contribution in [2.75, 3.05) is 0 Å². The van der Waals surface area contributed by atoms with Crippen LogP contribution in [0.15, 0.2) is 60.7 Å². The molecule has 80 valence electrons. The van der Waals surface area contributed by atoms with Crippen molar-refractivity contribution in [1.82, 2.24) is 0 Å². The molecule has 0 amide bonds. The molecule has 0 aliphatic carbocycles. The maximum absolute atomic E-state index is 9.87. The number of rotatable bonds is 2. The van der Waals surface area contributed by atoms with Crippen molar-refractivity contribution in [2.24, 2.45) is 0 Å². The summed E-state index contributed by atoms with van der Waals surface area (Å²) in [6.07, 6.45) is 0. The molecule has 2 aromatic rings. The summed E-state index contributed by atoms with van der Waals surface area (Å²) in [5.41, 5.74) is 1.20. The van der Waals surface area contributed by atoms with Crippen LogP contribution in [0.1, 0.15) is 11.1 Å². The van der Waals surface area contributed by atoms with Gasteiger partial charge in [0.2, 0.25) is 0 Å². The summed E-state index contributed by atoms with van der Waals surface area (Å²) in [6, 6.07) is 17.9. The van der Waals surface area contributed by atoms with E-state index in [1.54, 1.807) is 24.3 Å².